The molecule has 1 atom stereocenters. The number of halogens is 1. The molecule has 4 aromatic rings. The Hall–Kier alpha value is -3.79. The Morgan fingerprint density at radius 2 is 1.81 bits per heavy atom. The third kappa shape index (κ3) is 4.45. The third-order valence-electron chi connectivity index (χ3n) is 4.84. The first-order valence-electron chi connectivity index (χ1n) is 9.61. The van der Waals surface area contributed by atoms with Gasteiger partial charge in [0.25, 0.3) is 0 Å². The predicted molar refractivity (Wildman–Crippen MR) is 118 cm³/mol. The summed E-state index contributed by atoms with van der Waals surface area (Å²) < 4.78 is 43.8. The minimum absolute atomic E-state index is 0.148. The van der Waals surface area contributed by atoms with Crippen LogP contribution < -0.4 is 10.5 Å². The molecule has 0 bridgehead atoms. The fourth-order valence-electron chi connectivity index (χ4n) is 3.24. The molecule has 2 heterocycles. The number of hydrogen-bond acceptors (Lipinski definition) is 7. The van der Waals surface area contributed by atoms with Gasteiger partial charge in [-0.05, 0) is 48.9 Å². The lowest BCUT2D eigenvalue weighted by atomic mass is 10.1. The summed E-state index contributed by atoms with van der Waals surface area (Å²) in [5, 5.41) is 8.21. The highest BCUT2D eigenvalue weighted by atomic mass is 32.2. The van der Waals surface area contributed by atoms with E-state index in [4.69, 9.17) is 10.5 Å². The van der Waals surface area contributed by atoms with Gasteiger partial charge in [0.05, 0.1) is 23.0 Å². The lowest BCUT2D eigenvalue weighted by Gasteiger charge is -2.19. The summed E-state index contributed by atoms with van der Waals surface area (Å²) in [6.07, 6.45) is 5.11. The molecule has 8 nitrogen and oxygen atoms in total. The van der Waals surface area contributed by atoms with Gasteiger partial charge in [-0.3, -0.25) is 0 Å². The van der Waals surface area contributed by atoms with Crippen LogP contribution in [0.2, 0.25) is 0 Å². The molecule has 0 radical (unpaired) electrons. The Morgan fingerprint density at radius 3 is 2.53 bits per heavy atom. The van der Waals surface area contributed by atoms with Crippen LogP contribution in [-0.4, -0.2) is 34.7 Å². The van der Waals surface area contributed by atoms with Crippen molar-refractivity contribution in [3.8, 4) is 22.6 Å². The quantitative estimate of drug-likeness (QED) is 0.475. The number of benzene rings is 2. The van der Waals surface area contributed by atoms with Crippen molar-refractivity contribution in [1.82, 2.24) is 20.0 Å². The van der Waals surface area contributed by atoms with Gasteiger partial charge in [-0.1, -0.05) is 12.1 Å². The topological polar surface area (TPSA) is 113 Å². The summed E-state index contributed by atoms with van der Waals surface area (Å²) >= 11 is 0. The monoisotopic (exact) mass is 453 g/mol. The molecule has 2 aromatic heterocycles. The number of anilines is 1. The molecule has 0 aliphatic rings. The van der Waals surface area contributed by atoms with Crippen molar-refractivity contribution in [3.63, 3.8) is 0 Å². The number of aromatic nitrogens is 4. The zero-order valence-corrected chi connectivity index (χ0v) is 18.1. The normalized spacial score (nSPS) is 12.5. The third-order valence-corrected chi connectivity index (χ3v) is 5.95. The van der Waals surface area contributed by atoms with Crippen LogP contribution in [0.4, 0.5) is 10.2 Å². The lowest BCUT2D eigenvalue weighted by molar-refractivity contribution is 0.226. The van der Waals surface area contributed by atoms with E-state index in [-0.39, 0.29) is 16.5 Å². The van der Waals surface area contributed by atoms with E-state index < -0.39 is 21.8 Å². The predicted octanol–water partition coefficient (Wildman–Crippen LogP) is 3.59. The molecule has 32 heavy (non-hydrogen) atoms. The summed E-state index contributed by atoms with van der Waals surface area (Å²) in [4.78, 5) is 5.75. The number of sulfone groups is 1. The maximum absolute atomic E-state index is 14.0. The van der Waals surface area contributed by atoms with Crippen LogP contribution in [0, 0.1) is 5.82 Å². The highest BCUT2D eigenvalue weighted by molar-refractivity contribution is 7.90. The van der Waals surface area contributed by atoms with Gasteiger partial charge in [-0.25, -0.2) is 17.8 Å². The van der Waals surface area contributed by atoms with Crippen LogP contribution in [0.25, 0.3) is 16.8 Å². The summed E-state index contributed by atoms with van der Waals surface area (Å²) in [7, 11) is -3.36. The molecule has 0 spiro atoms. The first-order chi connectivity index (χ1) is 15.2. The molecule has 0 aliphatic carbocycles. The SMILES string of the molecule is C[C@@H](Oc1cc(-c2cccc(S(C)(=O)=O)c2)cnc1N)c1cc(F)ccc1-n1nccn1. The molecular weight excluding hydrogens is 433 g/mol. The minimum Gasteiger partial charge on any atom is -0.482 e. The molecule has 0 aliphatic heterocycles. The van der Waals surface area contributed by atoms with Crippen molar-refractivity contribution in [2.24, 2.45) is 0 Å². The van der Waals surface area contributed by atoms with Crippen LogP contribution in [0.3, 0.4) is 0 Å². The number of ether oxygens (including phenoxy) is 1. The fraction of sp³-hybridized carbons (Fsp3) is 0.136. The minimum atomic E-state index is -3.36. The lowest BCUT2D eigenvalue weighted by Crippen LogP contribution is -2.11. The molecule has 0 fully saturated rings. The van der Waals surface area contributed by atoms with Gasteiger partial charge in [0.15, 0.2) is 21.4 Å². The first-order valence-corrected chi connectivity index (χ1v) is 11.5. The number of hydrogen-bond donors (Lipinski definition) is 1. The van der Waals surface area contributed by atoms with E-state index in [0.29, 0.717) is 22.4 Å². The van der Waals surface area contributed by atoms with Crippen molar-refractivity contribution >= 4 is 15.7 Å². The molecular formula is C22H20FN5O3S. The standard InChI is InChI=1S/C22H20FN5O3S/c1-14(19-12-17(23)6-7-20(19)28-26-8-9-27-28)31-21-11-16(13-25-22(21)24)15-4-3-5-18(10-15)32(2,29)30/h3-14H,1-2H3,(H2,24,25)/t14-/m1/s1. The van der Waals surface area contributed by atoms with E-state index >= 15 is 0 Å². The fourth-order valence-corrected chi connectivity index (χ4v) is 3.91. The Morgan fingerprint density at radius 1 is 1.06 bits per heavy atom. The van der Waals surface area contributed by atoms with Gasteiger partial charge in [0.2, 0.25) is 0 Å². The van der Waals surface area contributed by atoms with Crippen LogP contribution in [0.15, 0.2) is 72.0 Å². The molecule has 0 saturated carbocycles. The number of nitrogens with two attached hydrogens (primary N) is 1. The van der Waals surface area contributed by atoms with Gasteiger partial charge >= 0.3 is 0 Å². The van der Waals surface area contributed by atoms with E-state index in [1.54, 1.807) is 37.3 Å². The highest BCUT2D eigenvalue weighted by Gasteiger charge is 2.18. The van der Waals surface area contributed by atoms with Gasteiger partial charge < -0.3 is 10.5 Å². The first kappa shape index (κ1) is 21.4. The molecule has 10 heteroatoms. The maximum atomic E-state index is 14.0. The van der Waals surface area contributed by atoms with Crippen LogP contribution in [-0.2, 0) is 9.84 Å². The molecule has 2 N–H and O–H groups in total. The van der Waals surface area contributed by atoms with E-state index in [0.717, 1.165) is 6.26 Å². The Bertz CT molecular complexity index is 1370. The van der Waals surface area contributed by atoms with Crippen LogP contribution >= 0.6 is 0 Å². The summed E-state index contributed by atoms with van der Waals surface area (Å²) in [6.45, 7) is 1.75. The summed E-state index contributed by atoms with van der Waals surface area (Å²) in [5.74, 6) is 0.00206. The van der Waals surface area contributed by atoms with Gasteiger partial charge in [-0.15, -0.1) is 0 Å². The van der Waals surface area contributed by atoms with Crippen molar-refractivity contribution in [1.29, 1.82) is 0 Å². The average molecular weight is 453 g/mol. The number of pyridine rings is 1. The Kier molecular flexibility index (Phi) is 5.62. The number of nitrogen functional groups attached to an aromatic ring is 1. The Balaban J connectivity index is 1.69. The smallest absolute Gasteiger partial charge is 0.175 e. The zero-order chi connectivity index (χ0) is 22.9. The Labute approximate surface area is 184 Å². The summed E-state index contributed by atoms with van der Waals surface area (Å²) in [6, 6.07) is 12.4. The maximum Gasteiger partial charge on any atom is 0.175 e. The van der Waals surface area contributed by atoms with Crippen molar-refractivity contribution in [2.75, 3.05) is 12.0 Å². The second kappa shape index (κ2) is 8.39. The molecule has 0 unspecified atom stereocenters. The second-order valence-corrected chi connectivity index (χ2v) is 9.20. The van der Waals surface area contributed by atoms with Crippen molar-refractivity contribution in [2.45, 2.75) is 17.9 Å². The number of rotatable bonds is 6. The van der Waals surface area contributed by atoms with Crippen molar-refractivity contribution in [3.05, 3.63) is 78.5 Å². The van der Waals surface area contributed by atoms with Gasteiger partial charge in [0.1, 0.15) is 11.9 Å². The van der Waals surface area contributed by atoms with Crippen LogP contribution in [0.1, 0.15) is 18.6 Å². The van der Waals surface area contributed by atoms with E-state index in [9.17, 15) is 12.8 Å². The second-order valence-electron chi connectivity index (χ2n) is 7.19. The summed E-state index contributed by atoms with van der Waals surface area (Å²) in [5.41, 5.74) is 8.37. The molecule has 164 valence electrons. The van der Waals surface area contributed by atoms with Gasteiger partial charge in [-0.2, -0.15) is 15.0 Å². The van der Waals surface area contributed by atoms with E-state index in [1.165, 1.54) is 41.6 Å². The van der Waals surface area contributed by atoms with Gasteiger partial charge in [0, 0.05) is 23.6 Å². The molecule has 0 amide bonds. The van der Waals surface area contributed by atoms with E-state index in [1.807, 2.05) is 0 Å². The molecule has 4 rings (SSSR count). The largest absolute Gasteiger partial charge is 0.482 e. The number of nitrogens with zero attached hydrogens (tertiary/aromatic N) is 4. The molecule has 2 aromatic carbocycles. The van der Waals surface area contributed by atoms with Crippen LogP contribution in [0.5, 0.6) is 5.75 Å². The van der Waals surface area contributed by atoms with Crippen molar-refractivity contribution < 1.29 is 17.5 Å². The highest BCUT2D eigenvalue weighted by Crippen LogP contribution is 2.33. The molecule has 0 saturated heterocycles. The zero-order valence-electron chi connectivity index (χ0n) is 17.3. The average Bonchev–Trinajstić information content (AvgIpc) is 3.29. The van der Waals surface area contributed by atoms with E-state index in [2.05, 4.69) is 15.2 Å².